The Labute approximate surface area is 112 Å². The lowest BCUT2D eigenvalue weighted by atomic mass is 10.1. The second-order valence-corrected chi connectivity index (χ2v) is 4.55. The van der Waals surface area contributed by atoms with Crippen molar-refractivity contribution in [3.8, 4) is 0 Å². The summed E-state index contributed by atoms with van der Waals surface area (Å²) in [7, 11) is 0. The summed E-state index contributed by atoms with van der Waals surface area (Å²) in [5.74, 6) is -1.24. The van der Waals surface area contributed by atoms with Crippen molar-refractivity contribution in [1.82, 2.24) is 15.3 Å². The molecule has 0 aliphatic rings. The molecule has 0 saturated carbocycles. The van der Waals surface area contributed by atoms with Gasteiger partial charge in [-0.3, -0.25) is 4.79 Å². The Bertz CT molecular complexity index is 390. The summed E-state index contributed by atoms with van der Waals surface area (Å²) >= 11 is 0. The quantitative estimate of drug-likeness (QED) is 0.591. The molecule has 0 bridgehead atoms. The number of carbonyl (C=O) groups excluding carboxylic acids is 1. The van der Waals surface area contributed by atoms with Crippen LogP contribution in [0.15, 0.2) is 12.5 Å². The number of aromatic amines is 1. The third kappa shape index (κ3) is 6.03. The zero-order chi connectivity index (χ0) is 14.1. The molecule has 1 amide bonds. The highest BCUT2D eigenvalue weighted by molar-refractivity contribution is 5.83. The van der Waals surface area contributed by atoms with Crippen molar-refractivity contribution in [3.05, 3.63) is 18.2 Å². The minimum Gasteiger partial charge on any atom is -0.480 e. The molecule has 1 heterocycles. The summed E-state index contributed by atoms with van der Waals surface area (Å²) < 4.78 is 0. The minimum absolute atomic E-state index is 0.206. The van der Waals surface area contributed by atoms with Gasteiger partial charge < -0.3 is 15.4 Å². The molecule has 0 aliphatic heterocycles. The van der Waals surface area contributed by atoms with E-state index in [-0.39, 0.29) is 12.3 Å². The van der Waals surface area contributed by atoms with Gasteiger partial charge in [0.15, 0.2) is 0 Å². The number of carbonyl (C=O) groups is 2. The highest BCUT2D eigenvalue weighted by Gasteiger charge is 2.20. The lowest BCUT2D eigenvalue weighted by Crippen LogP contribution is -2.42. The number of carboxylic acids is 1. The Morgan fingerprint density at radius 3 is 2.79 bits per heavy atom. The van der Waals surface area contributed by atoms with Crippen molar-refractivity contribution < 1.29 is 14.7 Å². The highest BCUT2D eigenvalue weighted by atomic mass is 16.4. The van der Waals surface area contributed by atoms with Crippen LogP contribution in [0.25, 0.3) is 0 Å². The van der Waals surface area contributed by atoms with Crippen LogP contribution >= 0.6 is 0 Å². The van der Waals surface area contributed by atoms with Crippen molar-refractivity contribution in [2.45, 2.75) is 51.5 Å². The average Bonchev–Trinajstić information content (AvgIpc) is 2.86. The number of H-pyrrole nitrogens is 1. The smallest absolute Gasteiger partial charge is 0.326 e. The van der Waals surface area contributed by atoms with Gasteiger partial charge in [0.05, 0.1) is 6.33 Å². The monoisotopic (exact) mass is 267 g/mol. The van der Waals surface area contributed by atoms with Crippen molar-refractivity contribution >= 4 is 11.9 Å². The Morgan fingerprint density at radius 2 is 2.21 bits per heavy atom. The maximum absolute atomic E-state index is 11.6. The summed E-state index contributed by atoms with van der Waals surface area (Å²) in [5.41, 5.74) is 0.693. The molecule has 1 aromatic heterocycles. The standard InChI is InChI=1S/C13H21N3O3/c1-2-3-4-5-6-12(17)16-11(13(18)19)7-10-8-14-9-15-10/h8-9,11H,2-7H2,1H3,(H,14,15)(H,16,17)(H,18,19)/t11-/m0/s1. The van der Waals surface area contributed by atoms with Crippen LogP contribution in [-0.2, 0) is 16.0 Å². The third-order valence-electron chi connectivity index (χ3n) is 2.87. The molecule has 1 aromatic rings. The Morgan fingerprint density at radius 1 is 1.42 bits per heavy atom. The van der Waals surface area contributed by atoms with E-state index in [1.54, 1.807) is 6.20 Å². The van der Waals surface area contributed by atoms with Gasteiger partial charge >= 0.3 is 5.97 Å². The molecule has 19 heavy (non-hydrogen) atoms. The molecule has 0 aromatic carbocycles. The molecule has 1 rings (SSSR count). The van der Waals surface area contributed by atoms with E-state index >= 15 is 0 Å². The van der Waals surface area contributed by atoms with Crippen molar-refractivity contribution in [1.29, 1.82) is 0 Å². The van der Waals surface area contributed by atoms with Gasteiger partial charge in [-0.1, -0.05) is 26.2 Å². The van der Waals surface area contributed by atoms with Gasteiger partial charge in [0.1, 0.15) is 6.04 Å². The number of amides is 1. The molecule has 0 fully saturated rings. The van der Waals surface area contributed by atoms with E-state index in [0.29, 0.717) is 12.1 Å². The number of nitrogens with zero attached hydrogens (tertiary/aromatic N) is 1. The number of aromatic nitrogens is 2. The van der Waals surface area contributed by atoms with Crippen LogP contribution < -0.4 is 5.32 Å². The maximum Gasteiger partial charge on any atom is 0.326 e. The van der Waals surface area contributed by atoms with E-state index in [0.717, 1.165) is 25.7 Å². The normalized spacial score (nSPS) is 12.1. The van der Waals surface area contributed by atoms with Crippen LogP contribution in [0.4, 0.5) is 0 Å². The van der Waals surface area contributed by atoms with Gasteiger partial charge in [0, 0.05) is 24.7 Å². The Balaban J connectivity index is 2.36. The summed E-state index contributed by atoms with van der Waals surface area (Å²) in [6.45, 7) is 2.10. The van der Waals surface area contributed by atoms with Gasteiger partial charge in [-0.05, 0) is 6.42 Å². The molecule has 0 spiro atoms. The van der Waals surface area contributed by atoms with E-state index in [1.807, 2.05) is 0 Å². The number of hydrogen-bond acceptors (Lipinski definition) is 3. The maximum atomic E-state index is 11.6. The number of aliphatic carboxylic acids is 1. The van der Waals surface area contributed by atoms with Crippen LogP contribution in [0.2, 0.25) is 0 Å². The number of unbranched alkanes of at least 4 members (excludes halogenated alkanes) is 3. The van der Waals surface area contributed by atoms with Gasteiger partial charge in [-0.15, -0.1) is 0 Å². The molecule has 6 heteroatoms. The lowest BCUT2D eigenvalue weighted by Gasteiger charge is -2.13. The Kier molecular flexibility index (Phi) is 6.63. The SMILES string of the molecule is CCCCCCC(=O)N[C@@H](Cc1cnc[nH]1)C(=O)O. The number of rotatable bonds is 9. The molecular formula is C13H21N3O3. The Hall–Kier alpha value is -1.85. The second-order valence-electron chi connectivity index (χ2n) is 4.55. The van der Waals surface area contributed by atoms with E-state index < -0.39 is 12.0 Å². The average molecular weight is 267 g/mol. The van der Waals surface area contributed by atoms with E-state index in [4.69, 9.17) is 5.11 Å². The molecule has 1 atom stereocenters. The molecule has 3 N–H and O–H groups in total. The third-order valence-corrected chi connectivity index (χ3v) is 2.87. The largest absolute Gasteiger partial charge is 0.480 e. The number of imidazole rings is 1. The number of hydrogen-bond donors (Lipinski definition) is 3. The fourth-order valence-electron chi connectivity index (χ4n) is 1.80. The van der Waals surface area contributed by atoms with Crippen LogP contribution in [0.3, 0.4) is 0 Å². The minimum atomic E-state index is -1.03. The van der Waals surface area contributed by atoms with Crippen LogP contribution in [0.1, 0.15) is 44.7 Å². The molecule has 6 nitrogen and oxygen atoms in total. The molecule has 0 aliphatic carbocycles. The molecule has 0 radical (unpaired) electrons. The molecule has 0 unspecified atom stereocenters. The van der Waals surface area contributed by atoms with Gasteiger partial charge in [-0.2, -0.15) is 0 Å². The van der Waals surface area contributed by atoms with Crippen molar-refractivity contribution in [2.24, 2.45) is 0 Å². The first-order valence-corrected chi connectivity index (χ1v) is 6.63. The summed E-state index contributed by atoms with van der Waals surface area (Å²) in [6.07, 6.45) is 7.66. The lowest BCUT2D eigenvalue weighted by molar-refractivity contribution is -0.141. The van der Waals surface area contributed by atoms with E-state index in [2.05, 4.69) is 22.2 Å². The van der Waals surface area contributed by atoms with Crippen molar-refractivity contribution in [2.75, 3.05) is 0 Å². The zero-order valence-electron chi connectivity index (χ0n) is 11.2. The summed E-state index contributed by atoms with van der Waals surface area (Å²) in [4.78, 5) is 29.4. The van der Waals surface area contributed by atoms with Crippen LogP contribution in [0.5, 0.6) is 0 Å². The van der Waals surface area contributed by atoms with Gasteiger partial charge in [0.2, 0.25) is 5.91 Å². The van der Waals surface area contributed by atoms with Crippen LogP contribution in [-0.4, -0.2) is 33.0 Å². The fourth-order valence-corrected chi connectivity index (χ4v) is 1.80. The van der Waals surface area contributed by atoms with E-state index in [1.165, 1.54) is 6.33 Å². The summed E-state index contributed by atoms with van der Waals surface area (Å²) in [6, 6.07) is -0.904. The molecule has 106 valence electrons. The predicted octanol–water partition coefficient (Wildman–Crippen LogP) is 1.49. The van der Waals surface area contributed by atoms with Gasteiger partial charge in [0.25, 0.3) is 0 Å². The number of nitrogens with one attached hydrogen (secondary N) is 2. The molecule has 0 saturated heterocycles. The van der Waals surface area contributed by atoms with Crippen molar-refractivity contribution in [3.63, 3.8) is 0 Å². The first-order chi connectivity index (χ1) is 9.13. The molecular weight excluding hydrogens is 246 g/mol. The predicted molar refractivity (Wildman–Crippen MR) is 70.6 cm³/mol. The van der Waals surface area contributed by atoms with E-state index in [9.17, 15) is 9.59 Å². The first-order valence-electron chi connectivity index (χ1n) is 6.63. The highest BCUT2D eigenvalue weighted by Crippen LogP contribution is 2.04. The zero-order valence-corrected chi connectivity index (χ0v) is 11.2. The fraction of sp³-hybridized carbons (Fsp3) is 0.615. The summed E-state index contributed by atoms with van der Waals surface area (Å²) in [5, 5.41) is 11.6. The van der Waals surface area contributed by atoms with Crippen LogP contribution in [0, 0.1) is 0 Å². The first kappa shape index (κ1) is 15.2. The second kappa shape index (κ2) is 8.29. The topological polar surface area (TPSA) is 95.1 Å². The number of carboxylic acid groups (broad SMARTS) is 1. The van der Waals surface area contributed by atoms with Gasteiger partial charge in [-0.25, -0.2) is 9.78 Å².